The monoisotopic (exact) mass is 329 g/mol. The number of methoxy groups -OCH3 is 2. The number of likely N-dealkylation sites (N-methyl/N-ethyl adjacent to an activating group) is 1. The van der Waals surface area contributed by atoms with Crippen molar-refractivity contribution in [2.24, 2.45) is 0 Å². The normalized spacial score (nSPS) is 17.4. The molecule has 0 saturated heterocycles. The zero-order valence-electron chi connectivity index (χ0n) is 14.2. The summed E-state index contributed by atoms with van der Waals surface area (Å²) in [5.41, 5.74) is 3.34. The number of benzene rings is 2. The fraction of sp³-hybridized carbons (Fsp3) is 0.368. The third-order valence-corrected chi connectivity index (χ3v) is 4.74. The smallest absolute Gasteiger partial charge is 0.160 e. The van der Waals surface area contributed by atoms with Crippen LogP contribution in [0.15, 0.2) is 30.3 Å². The van der Waals surface area contributed by atoms with Gasteiger partial charge in [0.15, 0.2) is 23.0 Å². The Labute approximate surface area is 142 Å². The minimum atomic E-state index is 0.150. The van der Waals surface area contributed by atoms with Crippen LogP contribution in [-0.4, -0.2) is 42.9 Å². The van der Waals surface area contributed by atoms with E-state index in [-0.39, 0.29) is 17.5 Å². The van der Waals surface area contributed by atoms with Crippen molar-refractivity contribution in [3.63, 3.8) is 0 Å². The molecule has 0 spiro atoms. The van der Waals surface area contributed by atoms with E-state index in [2.05, 4.69) is 11.9 Å². The molecular weight excluding hydrogens is 306 g/mol. The maximum Gasteiger partial charge on any atom is 0.160 e. The minimum absolute atomic E-state index is 0.150. The molecule has 0 amide bonds. The van der Waals surface area contributed by atoms with Crippen molar-refractivity contribution < 1.29 is 19.7 Å². The fourth-order valence-corrected chi connectivity index (χ4v) is 3.36. The molecule has 0 fully saturated rings. The van der Waals surface area contributed by atoms with Gasteiger partial charge in [-0.15, -0.1) is 0 Å². The zero-order valence-corrected chi connectivity index (χ0v) is 14.2. The molecule has 5 nitrogen and oxygen atoms in total. The molecule has 1 atom stereocenters. The molecule has 0 aromatic heterocycles. The van der Waals surface area contributed by atoms with Crippen molar-refractivity contribution in [1.29, 1.82) is 0 Å². The van der Waals surface area contributed by atoms with E-state index in [0.717, 1.165) is 36.1 Å². The standard InChI is InChI=1S/C19H23NO4/c1-20-7-6-13-10-17(22)19(24-3)11-14(13)15(20)8-12-4-5-18(23-2)16(21)9-12/h4-5,9-11,15,21-22H,6-8H2,1-3H3/t15-/m0/s1. The van der Waals surface area contributed by atoms with Crippen molar-refractivity contribution in [2.75, 3.05) is 27.8 Å². The van der Waals surface area contributed by atoms with Gasteiger partial charge in [-0.3, -0.25) is 4.90 Å². The second-order valence-corrected chi connectivity index (χ2v) is 6.18. The van der Waals surface area contributed by atoms with Crippen LogP contribution in [0.5, 0.6) is 23.0 Å². The fourth-order valence-electron chi connectivity index (χ4n) is 3.36. The Kier molecular flexibility index (Phi) is 4.53. The molecule has 128 valence electrons. The maximum absolute atomic E-state index is 10.0. The predicted octanol–water partition coefficient (Wildman–Crippen LogP) is 2.89. The Morgan fingerprint density at radius 1 is 1.04 bits per heavy atom. The van der Waals surface area contributed by atoms with Crippen LogP contribution in [0.1, 0.15) is 22.7 Å². The summed E-state index contributed by atoms with van der Waals surface area (Å²) < 4.78 is 10.4. The number of phenols is 2. The van der Waals surface area contributed by atoms with E-state index in [1.165, 1.54) is 0 Å². The van der Waals surface area contributed by atoms with Crippen molar-refractivity contribution in [3.8, 4) is 23.0 Å². The summed E-state index contributed by atoms with van der Waals surface area (Å²) in [6, 6.07) is 9.40. The molecule has 3 rings (SSSR count). The first-order valence-electron chi connectivity index (χ1n) is 7.99. The number of fused-ring (bicyclic) bond motifs is 1. The van der Waals surface area contributed by atoms with Gasteiger partial charge in [0.1, 0.15) is 0 Å². The van der Waals surface area contributed by atoms with Gasteiger partial charge in [0, 0.05) is 12.6 Å². The molecule has 0 aliphatic carbocycles. The average molecular weight is 329 g/mol. The molecule has 0 unspecified atom stereocenters. The molecule has 0 radical (unpaired) electrons. The number of nitrogens with zero attached hydrogens (tertiary/aromatic N) is 1. The second-order valence-electron chi connectivity index (χ2n) is 6.18. The Morgan fingerprint density at radius 2 is 1.75 bits per heavy atom. The first-order valence-corrected chi connectivity index (χ1v) is 7.99. The van der Waals surface area contributed by atoms with E-state index in [4.69, 9.17) is 9.47 Å². The summed E-state index contributed by atoms with van der Waals surface area (Å²) >= 11 is 0. The largest absolute Gasteiger partial charge is 0.504 e. The molecule has 0 bridgehead atoms. The quantitative estimate of drug-likeness (QED) is 0.903. The second kappa shape index (κ2) is 6.61. The number of rotatable bonds is 4. The highest BCUT2D eigenvalue weighted by Gasteiger charge is 2.27. The van der Waals surface area contributed by atoms with Gasteiger partial charge in [-0.1, -0.05) is 6.07 Å². The van der Waals surface area contributed by atoms with E-state index in [0.29, 0.717) is 11.5 Å². The average Bonchev–Trinajstić information content (AvgIpc) is 2.57. The number of hydrogen-bond donors (Lipinski definition) is 2. The van der Waals surface area contributed by atoms with E-state index in [9.17, 15) is 10.2 Å². The summed E-state index contributed by atoms with van der Waals surface area (Å²) in [5.74, 6) is 1.30. The minimum Gasteiger partial charge on any atom is -0.504 e. The number of ether oxygens (including phenoxy) is 2. The molecule has 2 aromatic rings. The number of phenolic OH excluding ortho intramolecular Hbond substituents is 2. The van der Waals surface area contributed by atoms with Crippen LogP contribution in [0.4, 0.5) is 0 Å². The van der Waals surface area contributed by atoms with Crippen LogP contribution < -0.4 is 9.47 Å². The van der Waals surface area contributed by atoms with Crippen LogP contribution in [0.2, 0.25) is 0 Å². The lowest BCUT2D eigenvalue weighted by Gasteiger charge is -2.35. The van der Waals surface area contributed by atoms with Crippen molar-refractivity contribution in [1.82, 2.24) is 4.90 Å². The molecule has 5 heteroatoms. The molecule has 1 aliphatic heterocycles. The summed E-state index contributed by atoms with van der Waals surface area (Å²) in [6.45, 7) is 0.922. The van der Waals surface area contributed by atoms with E-state index in [1.807, 2.05) is 12.1 Å². The van der Waals surface area contributed by atoms with Crippen molar-refractivity contribution in [2.45, 2.75) is 18.9 Å². The summed E-state index contributed by atoms with van der Waals surface area (Å²) in [7, 11) is 5.19. The third-order valence-electron chi connectivity index (χ3n) is 4.74. The summed E-state index contributed by atoms with van der Waals surface area (Å²) in [5, 5.41) is 20.0. The van der Waals surface area contributed by atoms with Gasteiger partial charge < -0.3 is 19.7 Å². The van der Waals surface area contributed by atoms with Crippen molar-refractivity contribution in [3.05, 3.63) is 47.0 Å². The molecule has 0 saturated carbocycles. The molecule has 1 heterocycles. The topological polar surface area (TPSA) is 62.2 Å². The van der Waals surface area contributed by atoms with Crippen LogP contribution in [0, 0.1) is 0 Å². The molecule has 2 N–H and O–H groups in total. The maximum atomic E-state index is 10.0. The Bertz CT molecular complexity index is 744. The third kappa shape index (κ3) is 2.99. The Hall–Kier alpha value is -2.40. The first kappa shape index (κ1) is 16.5. The lowest BCUT2D eigenvalue weighted by Crippen LogP contribution is -2.33. The first-order chi connectivity index (χ1) is 11.5. The highest BCUT2D eigenvalue weighted by atomic mass is 16.5. The van der Waals surface area contributed by atoms with E-state index < -0.39 is 0 Å². The van der Waals surface area contributed by atoms with E-state index in [1.54, 1.807) is 32.4 Å². The summed E-state index contributed by atoms with van der Waals surface area (Å²) in [4.78, 5) is 2.29. The zero-order chi connectivity index (χ0) is 17.3. The highest BCUT2D eigenvalue weighted by Crippen LogP contribution is 2.39. The van der Waals surface area contributed by atoms with Crippen LogP contribution in [-0.2, 0) is 12.8 Å². The van der Waals surface area contributed by atoms with Gasteiger partial charge in [-0.2, -0.15) is 0 Å². The highest BCUT2D eigenvalue weighted by molar-refractivity contribution is 5.49. The molecule has 2 aromatic carbocycles. The van der Waals surface area contributed by atoms with Crippen LogP contribution in [0.25, 0.3) is 0 Å². The van der Waals surface area contributed by atoms with Gasteiger partial charge in [0.05, 0.1) is 14.2 Å². The molecule has 1 aliphatic rings. The van der Waals surface area contributed by atoms with E-state index >= 15 is 0 Å². The number of hydrogen-bond acceptors (Lipinski definition) is 5. The van der Waals surface area contributed by atoms with Gasteiger partial charge in [0.25, 0.3) is 0 Å². The Balaban J connectivity index is 1.95. The van der Waals surface area contributed by atoms with Gasteiger partial charge >= 0.3 is 0 Å². The Morgan fingerprint density at radius 3 is 2.42 bits per heavy atom. The summed E-state index contributed by atoms with van der Waals surface area (Å²) in [6.07, 6.45) is 1.66. The lowest BCUT2D eigenvalue weighted by atomic mass is 9.88. The molecular formula is C19H23NO4. The molecule has 24 heavy (non-hydrogen) atoms. The SMILES string of the molecule is COc1ccc(C[C@H]2c3cc(OC)c(O)cc3CCN2C)cc1O. The van der Waals surface area contributed by atoms with Gasteiger partial charge in [0.2, 0.25) is 0 Å². The lowest BCUT2D eigenvalue weighted by molar-refractivity contribution is 0.228. The van der Waals surface area contributed by atoms with Gasteiger partial charge in [-0.05, 0) is 60.8 Å². The predicted molar refractivity (Wildman–Crippen MR) is 92.1 cm³/mol. The van der Waals surface area contributed by atoms with Crippen LogP contribution >= 0.6 is 0 Å². The number of aromatic hydroxyl groups is 2. The van der Waals surface area contributed by atoms with Gasteiger partial charge in [-0.25, -0.2) is 0 Å². The van der Waals surface area contributed by atoms with Crippen LogP contribution in [0.3, 0.4) is 0 Å². The van der Waals surface area contributed by atoms with Crippen molar-refractivity contribution >= 4 is 0 Å².